The van der Waals surface area contributed by atoms with E-state index in [-0.39, 0.29) is 5.97 Å². The molecule has 0 saturated heterocycles. The van der Waals surface area contributed by atoms with Gasteiger partial charge in [-0.2, -0.15) is 0 Å². The highest BCUT2D eigenvalue weighted by atomic mass is 16.5. The summed E-state index contributed by atoms with van der Waals surface area (Å²) in [5.41, 5.74) is 5.23. The molecule has 0 N–H and O–H groups in total. The summed E-state index contributed by atoms with van der Waals surface area (Å²) in [6, 6.07) is 13.9. The summed E-state index contributed by atoms with van der Waals surface area (Å²) < 4.78 is 4.85. The number of anilines is 1. The van der Waals surface area contributed by atoms with Gasteiger partial charge in [0.1, 0.15) is 0 Å². The van der Waals surface area contributed by atoms with Crippen LogP contribution in [-0.2, 0) is 11.3 Å². The van der Waals surface area contributed by atoms with Crippen molar-refractivity contribution in [1.82, 2.24) is 0 Å². The van der Waals surface area contributed by atoms with Crippen molar-refractivity contribution in [2.45, 2.75) is 20.4 Å². The Bertz CT molecular complexity index is 649. The highest BCUT2D eigenvalue weighted by Gasteiger charge is 2.13. The van der Waals surface area contributed by atoms with Crippen LogP contribution >= 0.6 is 0 Å². The monoisotopic (exact) mass is 283 g/mol. The van der Waals surface area contributed by atoms with Crippen molar-refractivity contribution in [3.8, 4) is 0 Å². The number of rotatable bonds is 4. The van der Waals surface area contributed by atoms with E-state index in [1.54, 1.807) is 6.07 Å². The quantitative estimate of drug-likeness (QED) is 0.801. The van der Waals surface area contributed by atoms with Crippen molar-refractivity contribution in [1.29, 1.82) is 0 Å². The van der Waals surface area contributed by atoms with Crippen molar-refractivity contribution < 1.29 is 9.53 Å². The Labute approximate surface area is 126 Å². The molecule has 0 aromatic heterocycles. The van der Waals surface area contributed by atoms with Gasteiger partial charge in [0.05, 0.1) is 12.7 Å². The molecule has 3 nitrogen and oxygen atoms in total. The molecular formula is C18H21NO2. The zero-order chi connectivity index (χ0) is 15.4. The highest BCUT2D eigenvalue weighted by molar-refractivity contribution is 5.91. The van der Waals surface area contributed by atoms with Gasteiger partial charge in [-0.25, -0.2) is 4.79 Å². The fourth-order valence-electron chi connectivity index (χ4n) is 2.54. The van der Waals surface area contributed by atoms with Crippen molar-refractivity contribution in [3.05, 3.63) is 64.7 Å². The predicted molar refractivity (Wildman–Crippen MR) is 85.8 cm³/mol. The molecule has 0 unspecified atom stereocenters. The molecule has 0 spiro atoms. The molecule has 0 aliphatic carbocycles. The van der Waals surface area contributed by atoms with Gasteiger partial charge in [0.15, 0.2) is 0 Å². The van der Waals surface area contributed by atoms with Crippen LogP contribution in [0.4, 0.5) is 5.69 Å². The summed E-state index contributed by atoms with van der Waals surface area (Å²) in [5.74, 6) is -0.292. The molecule has 2 rings (SSSR count). The Hall–Kier alpha value is -2.29. The summed E-state index contributed by atoms with van der Waals surface area (Å²) in [7, 11) is 3.44. The molecular weight excluding hydrogens is 262 g/mol. The average molecular weight is 283 g/mol. The van der Waals surface area contributed by atoms with Crippen LogP contribution < -0.4 is 4.90 Å². The first-order valence-corrected chi connectivity index (χ1v) is 6.97. The van der Waals surface area contributed by atoms with E-state index in [2.05, 4.69) is 36.9 Å². The summed E-state index contributed by atoms with van der Waals surface area (Å²) >= 11 is 0. The van der Waals surface area contributed by atoms with E-state index < -0.39 is 0 Å². The lowest BCUT2D eigenvalue weighted by molar-refractivity contribution is 0.0599. The number of hydrogen-bond acceptors (Lipinski definition) is 3. The Kier molecular flexibility index (Phi) is 4.63. The molecule has 0 fully saturated rings. The number of ether oxygens (including phenoxy) is 1. The van der Waals surface area contributed by atoms with Crippen molar-refractivity contribution in [3.63, 3.8) is 0 Å². The maximum Gasteiger partial charge on any atom is 0.338 e. The number of nitrogens with zero attached hydrogens (tertiary/aromatic N) is 1. The minimum absolute atomic E-state index is 0.292. The van der Waals surface area contributed by atoms with E-state index in [1.165, 1.54) is 23.9 Å². The van der Waals surface area contributed by atoms with Crippen LogP contribution in [0.3, 0.4) is 0 Å². The third-order valence-corrected chi connectivity index (χ3v) is 3.59. The summed E-state index contributed by atoms with van der Waals surface area (Å²) in [5, 5.41) is 0. The van der Waals surface area contributed by atoms with Crippen LogP contribution in [0.2, 0.25) is 0 Å². The third kappa shape index (κ3) is 3.43. The lowest BCUT2D eigenvalue weighted by atomic mass is 10.1. The molecule has 0 amide bonds. The summed E-state index contributed by atoms with van der Waals surface area (Å²) in [4.78, 5) is 14.0. The van der Waals surface area contributed by atoms with Crippen LogP contribution in [0.5, 0.6) is 0 Å². The molecule has 110 valence electrons. The zero-order valence-corrected chi connectivity index (χ0v) is 13.0. The van der Waals surface area contributed by atoms with Gasteiger partial charge < -0.3 is 9.64 Å². The average Bonchev–Trinajstić information content (AvgIpc) is 2.46. The van der Waals surface area contributed by atoms with Gasteiger partial charge in [0, 0.05) is 19.3 Å². The third-order valence-electron chi connectivity index (χ3n) is 3.59. The van der Waals surface area contributed by atoms with Crippen LogP contribution in [-0.4, -0.2) is 20.1 Å². The second kappa shape index (κ2) is 6.44. The van der Waals surface area contributed by atoms with Gasteiger partial charge in [-0.1, -0.05) is 35.9 Å². The van der Waals surface area contributed by atoms with Crippen molar-refractivity contribution in [2.75, 3.05) is 19.1 Å². The fraction of sp³-hybridized carbons (Fsp3) is 0.278. The van der Waals surface area contributed by atoms with E-state index >= 15 is 0 Å². The number of carbonyl (C=O) groups is 1. The lowest BCUT2D eigenvalue weighted by Crippen LogP contribution is -2.19. The number of esters is 1. The number of benzene rings is 2. The molecule has 0 bridgehead atoms. The van der Waals surface area contributed by atoms with Gasteiger partial charge in [-0.3, -0.25) is 0 Å². The minimum Gasteiger partial charge on any atom is -0.465 e. The standard InChI is InChI=1S/C18H21NO2/c1-13-9-10-17(14(2)11-13)19(3)12-15-7-5-6-8-16(15)18(20)21-4/h5-11H,12H2,1-4H3. The van der Waals surface area contributed by atoms with E-state index in [9.17, 15) is 4.79 Å². The summed E-state index contributed by atoms with van der Waals surface area (Å²) in [6.45, 7) is 4.85. The van der Waals surface area contributed by atoms with Gasteiger partial charge in [0.25, 0.3) is 0 Å². The number of carbonyl (C=O) groups excluding carboxylic acids is 1. The molecule has 0 heterocycles. The van der Waals surface area contributed by atoms with Crippen LogP contribution in [0, 0.1) is 13.8 Å². The normalized spacial score (nSPS) is 10.3. The topological polar surface area (TPSA) is 29.5 Å². The second-order valence-corrected chi connectivity index (χ2v) is 5.29. The Morgan fingerprint density at radius 1 is 1.14 bits per heavy atom. The Morgan fingerprint density at radius 3 is 2.52 bits per heavy atom. The molecule has 0 aliphatic rings. The number of aryl methyl sites for hydroxylation is 2. The molecule has 0 aliphatic heterocycles. The number of methoxy groups -OCH3 is 1. The van der Waals surface area contributed by atoms with Gasteiger partial charge in [-0.15, -0.1) is 0 Å². The first-order valence-electron chi connectivity index (χ1n) is 6.97. The van der Waals surface area contributed by atoms with Gasteiger partial charge in [0.2, 0.25) is 0 Å². The second-order valence-electron chi connectivity index (χ2n) is 5.29. The summed E-state index contributed by atoms with van der Waals surface area (Å²) in [6.07, 6.45) is 0. The molecule has 2 aromatic carbocycles. The first-order chi connectivity index (χ1) is 10.0. The van der Waals surface area contributed by atoms with E-state index in [1.807, 2.05) is 25.2 Å². The van der Waals surface area contributed by atoms with Crippen LogP contribution in [0.1, 0.15) is 27.0 Å². The predicted octanol–water partition coefficient (Wildman–Crippen LogP) is 3.73. The molecule has 21 heavy (non-hydrogen) atoms. The van der Waals surface area contributed by atoms with Crippen molar-refractivity contribution in [2.24, 2.45) is 0 Å². The first kappa shape index (κ1) is 15.1. The van der Waals surface area contributed by atoms with Gasteiger partial charge >= 0.3 is 5.97 Å². The largest absolute Gasteiger partial charge is 0.465 e. The highest BCUT2D eigenvalue weighted by Crippen LogP contribution is 2.22. The van der Waals surface area contributed by atoms with E-state index in [0.717, 1.165) is 5.56 Å². The SMILES string of the molecule is COC(=O)c1ccccc1CN(C)c1ccc(C)cc1C. The molecule has 0 saturated carbocycles. The number of hydrogen-bond donors (Lipinski definition) is 0. The van der Waals surface area contributed by atoms with E-state index in [0.29, 0.717) is 12.1 Å². The Balaban J connectivity index is 2.27. The zero-order valence-electron chi connectivity index (χ0n) is 13.0. The van der Waals surface area contributed by atoms with Crippen LogP contribution in [0.25, 0.3) is 0 Å². The molecule has 2 aromatic rings. The van der Waals surface area contributed by atoms with E-state index in [4.69, 9.17) is 4.74 Å². The van der Waals surface area contributed by atoms with Gasteiger partial charge in [-0.05, 0) is 37.1 Å². The van der Waals surface area contributed by atoms with Crippen molar-refractivity contribution >= 4 is 11.7 Å². The lowest BCUT2D eigenvalue weighted by Gasteiger charge is -2.23. The maximum absolute atomic E-state index is 11.8. The molecule has 3 heteroatoms. The Morgan fingerprint density at radius 2 is 1.86 bits per heavy atom. The maximum atomic E-state index is 11.8. The minimum atomic E-state index is -0.292. The molecule has 0 atom stereocenters. The smallest absolute Gasteiger partial charge is 0.338 e. The molecule has 0 radical (unpaired) electrons. The fourth-order valence-corrected chi connectivity index (χ4v) is 2.54. The van der Waals surface area contributed by atoms with Crippen LogP contribution in [0.15, 0.2) is 42.5 Å².